The lowest BCUT2D eigenvalue weighted by molar-refractivity contribution is 0.0774. The minimum atomic E-state index is -0.127. The van der Waals surface area contributed by atoms with Crippen molar-refractivity contribution in [2.24, 2.45) is 0 Å². The first-order chi connectivity index (χ1) is 7.10. The largest absolute Gasteiger partial charge is 0.383 e. The van der Waals surface area contributed by atoms with Crippen molar-refractivity contribution in [1.29, 1.82) is 0 Å². The van der Waals surface area contributed by atoms with Crippen LogP contribution in [0.15, 0.2) is 12.3 Å². The molecule has 0 aliphatic carbocycles. The Kier molecular flexibility index (Phi) is 3.71. The van der Waals surface area contributed by atoms with Gasteiger partial charge >= 0.3 is 0 Å². The van der Waals surface area contributed by atoms with Crippen molar-refractivity contribution in [3.63, 3.8) is 0 Å². The SMILES string of the molecule is [B]c1cnc(N)c(C(=O)N(CC)CC)c1. The minimum Gasteiger partial charge on any atom is -0.383 e. The lowest BCUT2D eigenvalue weighted by atomic mass is 9.96. The second kappa shape index (κ2) is 4.82. The van der Waals surface area contributed by atoms with Crippen LogP contribution in [0.3, 0.4) is 0 Å². The predicted octanol–water partition coefficient (Wildman–Crippen LogP) is -0.0604. The Hall–Kier alpha value is -1.52. The van der Waals surface area contributed by atoms with Crippen LogP contribution >= 0.6 is 0 Å². The van der Waals surface area contributed by atoms with Crippen molar-refractivity contribution in [2.75, 3.05) is 18.8 Å². The van der Waals surface area contributed by atoms with Gasteiger partial charge in [-0.15, -0.1) is 0 Å². The van der Waals surface area contributed by atoms with Crippen LogP contribution in [0.5, 0.6) is 0 Å². The summed E-state index contributed by atoms with van der Waals surface area (Å²) in [6.45, 7) is 5.11. The number of nitrogens with zero attached hydrogens (tertiary/aromatic N) is 2. The number of pyridine rings is 1. The van der Waals surface area contributed by atoms with Crippen molar-refractivity contribution in [2.45, 2.75) is 13.8 Å². The third-order valence-corrected chi connectivity index (χ3v) is 2.22. The Morgan fingerprint density at radius 3 is 2.67 bits per heavy atom. The van der Waals surface area contributed by atoms with Crippen molar-refractivity contribution >= 4 is 25.0 Å². The van der Waals surface area contributed by atoms with Crippen LogP contribution in [0, 0.1) is 0 Å². The summed E-state index contributed by atoms with van der Waals surface area (Å²) in [5.41, 5.74) is 6.44. The van der Waals surface area contributed by atoms with Gasteiger partial charge in [0, 0.05) is 19.3 Å². The third-order valence-electron chi connectivity index (χ3n) is 2.22. The fraction of sp³-hybridized carbons (Fsp3) is 0.400. The summed E-state index contributed by atoms with van der Waals surface area (Å²) in [7, 11) is 5.56. The zero-order valence-electron chi connectivity index (χ0n) is 9.03. The number of nitrogen functional groups attached to an aromatic ring is 1. The van der Waals surface area contributed by atoms with E-state index >= 15 is 0 Å². The summed E-state index contributed by atoms with van der Waals surface area (Å²) < 4.78 is 0. The summed E-state index contributed by atoms with van der Waals surface area (Å²) in [6, 6.07) is 1.56. The van der Waals surface area contributed by atoms with Gasteiger partial charge in [0.05, 0.1) is 5.56 Å². The number of anilines is 1. The molecular weight excluding hydrogens is 189 g/mol. The van der Waals surface area contributed by atoms with Gasteiger partial charge in [-0.25, -0.2) is 4.98 Å². The van der Waals surface area contributed by atoms with Gasteiger partial charge < -0.3 is 10.6 Å². The van der Waals surface area contributed by atoms with Gasteiger partial charge in [-0.1, -0.05) is 11.5 Å². The van der Waals surface area contributed by atoms with E-state index in [1.807, 2.05) is 13.8 Å². The molecule has 1 heterocycles. The van der Waals surface area contributed by atoms with Crippen LogP contribution in [0.1, 0.15) is 24.2 Å². The zero-order chi connectivity index (χ0) is 11.4. The average molecular weight is 203 g/mol. The molecule has 1 aromatic rings. The molecule has 0 aliphatic rings. The number of carbonyl (C=O) groups is 1. The molecule has 1 amide bonds. The molecular formula is C10H14BN3O. The van der Waals surface area contributed by atoms with E-state index in [2.05, 4.69) is 4.98 Å². The molecule has 0 aliphatic heterocycles. The van der Waals surface area contributed by atoms with Gasteiger partial charge in [-0.2, -0.15) is 0 Å². The van der Waals surface area contributed by atoms with Gasteiger partial charge in [-0.05, 0) is 13.8 Å². The number of aromatic nitrogens is 1. The standard InChI is InChI=1S/C10H14BN3O/c1-3-14(4-2)10(15)8-5-7(11)6-13-9(8)12/h5-6H,3-4H2,1-2H3,(H2,12,13). The molecule has 1 aromatic heterocycles. The number of amides is 1. The molecule has 2 radical (unpaired) electrons. The number of hydrogen-bond donors (Lipinski definition) is 1. The topological polar surface area (TPSA) is 59.2 Å². The summed E-state index contributed by atoms with van der Waals surface area (Å²) in [5, 5.41) is 0. The Morgan fingerprint density at radius 2 is 2.13 bits per heavy atom. The highest BCUT2D eigenvalue weighted by molar-refractivity contribution is 6.32. The number of rotatable bonds is 3. The maximum absolute atomic E-state index is 11.9. The Balaban J connectivity index is 3.04. The monoisotopic (exact) mass is 203 g/mol. The molecule has 0 aromatic carbocycles. The second-order valence-corrected chi connectivity index (χ2v) is 3.18. The predicted molar refractivity (Wildman–Crippen MR) is 61.3 cm³/mol. The zero-order valence-corrected chi connectivity index (χ0v) is 9.03. The maximum Gasteiger partial charge on any atom is 0.257 e. The summed E-state index contributed by atoms with van der Waals surface area (Å²) in [5.74, 6) is 0.0957. The molecule has 0 unspecified atom stereocenters. The smallest absolute Gasteiger partial charge is 0.257 e. The minimum absolute atomic E-state index is 0.127. The highest BCUT2D eigenvalue weighted by Gasteiger charge is 2.15. The Bertz CT molecular complexity index is 364. The molecule has 5 heteroatoms. The normalized spacial score (nSPS) is 10.0. The summed E-state index contributed by atoms with van der Waals surface area (Å²) in [6.07, 6.45) is 1.44. The molecule has 0 saturated heterocycles. The maximum atomic E-state index is 11.9. The van der Waals surface area contributed by atoms with Gasteiger partial charge in [0.1, 0.15) is 13.7 Å². The quantitative estimate of drug-likeness (QED) is 0.700. The molecule has 0 atom stereocenters. The van der Waals surface area contributed by atoms with Crippen LogP contribution < -0.4 is 11.2 Å². The fourth-order valence-electron chi connectivity index (χ4n) is 1.34. The molecule has 0 fully saturated rings. The number of nitrogens with two attached hydrogens (primary N) is 1. The second-order valence-electron chi connectivity index (χ2n) is 3.18. The highest BCUT2D eigenvalue weighted by Crippen LogP contribution is 2.09. The van der Waals surface area contributed by atoms with Crippen LogP contribution in [-0.2, 0) is 0 Å². The van der Waals surface area contributed by atoms with Crippen molar-refractivity contribution in [3.8, 4) is 0 Å². The van der Waals surface area contributed by atoms with E-state index in [0.29, 0.717) is 24.1 Å². The first-order valence-electron chi connectivity index (χ1n) is 4.90. The van der Waals surface area contributed by atoms with Gasteiger partial charge in [0.25, 0.3) is 5.91 Å². The van der Waals surface area contributed by atoms with Crippen LogP contribution in [0.25, 0.3) is 0 Å². The van der Waals surface area contributed by atoms with Crippen LogP contribution in [0.4, 0.5) is 5.82 Å². The Morgan fingerprint density at radius 1 is 1.53 bits per heavy atom. The van der Waals surface area contributed by atoms with E-state index in [0.717, 1.165) is 0 Å². The molecule has 0 bridgehead atoms. The van der Waals surface area contributed by atoms with Crippen molar-refractivity contribution in [1.82, 2.24) is 9.88 Å². The molecule has 78 valence electrons. The number of hydrogen-bond acceptors (Lipinski definition) is 3. The van der Waals surface area contributed by atoms with E-state index in [-0.39, 0.29) is 11.7 Å². The molecule has 15 heavy (non-hydrogen) atoms. The first kappa shape index (κ1) is 11.6. The molecule has 2 N–H and O–H groups in total. The third kappa shape index (κ3) is 2.49. The molecule has 0 spiro atoms. The first-order valence-corrected chi connectivity index (χ1v) is 4.90. The van der Waals surface area contributed by atoms with Crippen LogP contribution in [0.2, 0.25) is 0 Å². The van der Waals surface area contributed by atoms with E-state index < -0.39 is 0 Å². The van der Waals surface area contributed by atoms with Gasteiger partial charge in [-0.3, -0.25) is 4.79 Å². The van der Waals surface area contributed by atoms with Crippen LogP contribution in [-0.4, -0.2) is 36.7 Å². The van der Waals surface area contributed by atoms with Gasteiger partial charge in [0.15, 0.2) is 0 Å². The number of carbonyl (C=O) groups excluding carboxylic acids is 1. The van der Waals surface area contributed by atoms with E-state index in [4.69, 9.17) is 13.6 Å². The Labute approximate surface area is 90.9 Å². The van der Waals surface area contributed by atoms with E-state index in [1.54, 1.807) is 11.0 Å². The molecule has 4 nitrogen and oxygen atoms in total. The van der Waals surface area contributed by atoms with Crippen molar-refractivity contribution in [3.05, 3.63) is 17.8 Å². The highest BCUT2D eigenvalue weighted by atomic mass is 16.2. The fourth-order valence-corrected chi connectivity index (χ4v) is 1.34. The van der Waals surface area contributed by atoms with E-state index in [1.165, 1.54) is 6.20 Å². The average Bonchev–Trinajstić information content (AvgIpc) is 2.23. The molecule has 1 rings (SSSR count). The van der Waals surface area contributed by atoms with Crippen molar-refractivity contribution < 1.29 is 4.79 Å². The van der Waals surface area contributed by atoms with E-state index in [9.17, 15) is 4.79 Å². The lowest BCUT2D eigenvalue weighted by Gasteiger charge is -2.19. The summed E-state index contributed by atoms with van der Waals surface area (Å²) >= 11 is 0. The lowest BCUT2D eigenvalue weighted by Crippen LogP contribution is -2.32. The van der Waals surface area contributed by atoms with Gasteiger partial charge in [0.2, 0.25) is 0 Å². The molecule has 0 saturated carbocycles. The summed E-state index contributed by atoms with van der Waals surface area (Å²) in [4.78, 5) is 17.5.